The average molecular weight is 262 g/mol. The molecule has 0 aliphatic rings. The van der Waals surface area contributed by atoms with Gasteiger partial charge in [-0.3, -0.25) is 0 Å². The molecule has 2 rings (SSSR count). The zero-order valence-electron chi connectivity index (χ0n) is 11.2. The van der Waals surface area contributed by atoms with Crippen molar-refractivity contribution < 1.29 is 19.1 Å². The molecule has 0 saturated heterocycles. The van der Waals surface area contributed by atoms with Crippen LogP contribution in [0.1, 0.15) is 35.0 Å². The van der Waals surface area contributed by atoms with E-state index >= 15 is 0 Å². The van der Waals surface area contributed by atoms with Crippen LogP contribution in [0.2, 0.25) is 0 Å². The van der Waals surface area contributed by atoms with E-state index in [9.17, 15) is 4.79 Å². The fourth-order valence-corrected chi connectivity index (χ4v) is 2.26. The Balaban J connectivity index is 2.48. The zero-order chi connectivity index (χ0) is 13.8. The van der Waals surface area contributed by atoms with Crippen LogP contribution in [0.15, 0.2) is 22.6 Å². The number of hydrogen-bond donors (Lipinski definition) is 1. The van der Waals surface area contributed by atoms with E-state index in [2.05, 4.69) is 0 Å². The Morgan fingerprint density at radius 2 is 2.21 bits per heavy atom. The molecule has 0 unspecified atom stereocenters. The van der Waals surface area contributed by atoms with Gasteiger partial charge in [0, 0.05) is 17.6 Å². The van der Waals surface area contributed by atoms with Crippen molar-refractivity contribution >= 4 is 16.9 Å². The number of hydrogen-bond acceptors (Lipinski definition) is 4. The SMILES string of the molecule is CCOC(=O)c1oc2cccc(CCCO)c2c1C. The van der Waals surface area contributed by atoms with Gasteiger partial charge in [0.05, 0.1) is 6.61 Å². The van der Waals surface area contributed by atoms with Crippen LogP contribution in [0.5, 0.6) is 0 Å². The molecular formula is C15H18O4. The summed E-state index contributed by atoms with van der Waals surface area (Å²) in [6.45, 7) is 4.10. The van der Waals surface area contributed by atoms with Gasteiger partial charge in [-0.2, -0.15) is 0 Å². The summed E-state index contributed by atoms with van der Waals surface area (Å²) in [4.78, 5) is 11.8. The van der Waals surface area contributed by atoms with Gasteiger partial charge in [-0.15, -0.1) is 0 Å². The Morgan fingerprint density at radius 3 is 2.89 bits per heavy atom. The fraction of sp³-hybridized carbons (Fsp3) is 0.400. The van der Waals surface area contributed by atoms with E-state index in [1.807, 2.05) is 25.1 Å². The average Bonchev–Trinajstić information content (AvgIpc) is 2.75. The lowest BCUT2D eigenvalue weighted by molar-refractivity contribution is 0.0491. The molecule has 1 heterocycles. The Kier molecular flexibility index (Phi) is 4.22. The largest absolute Gasteiger partial charge is 0.460 e. The lowest BCUT2D eigenvalue weighted by atomic mass is 10.0. The highest BCUT2D eigenvalue weighted by molar-refractivity contribution is 5.97. The minimum absolute atomic E-state index is 0.151. The smallest absolute Gasteiger partial charge is 0.374 e. The highest BCUT2D eigenvalue weighted by Crippen LogP contribution is 2.29. The van der Waals surface area contributed by atoms with Gasteiger partial charge >= 0.3 is 5.97 Å². The van der Waals surface area contributed by atoms with Gasteiger partial charge in [0.15, 0.2) is 0 Å². The van der Waals surface area contributed by atoms with Crippen molar-refractivity contribution in [3.63, 3.8) is 0 Å². The number of rotatable bonds is 5. The number of aliphatic hydroxyl groups is 1. The van der Waals surface area contributed by atoms with Crippen LogP contribution < -0.4 is 0 Å². The van der Waals surface area contributed by atoms with Crippen LogP contribution in [0.25, 0.3) is 11.0 Å². The second-order valence-electron chi connectivity index (χ2n) is 4.39. The second-order valence-corrected chi connectivity index (χ2v) is 4.39. The van der Waals surface area contributed by atoms with Crippen LogP contribution in [0, 0.1) is 6.92 Å². The maximum atomic E-state index is 11.8. The van der Waals surface area contributed by atoms with Gasteiger partial charge < -0.3 is 14.3 Å². The maximum Gasteiger partial charge on any atom is 0.374 e. The molecule has 19 heavy (non-hydrogen) atoms. The first-order chi connectivity index (χ1) is 9.19. The van der Waals surface area contributed by atoms with E-state index in [4.69, 9.17) is 14.3 Å². The molecule has 0 spiro atoms. The molecule has 0 atom stereocenters. The summed E-state index contributed by atoms with van der Waals surface area (Å²) in [5.74, 6) is -0.155. The zero-order valence-corrected chi connectivity index (χ0v) is 11.2. The number of furan rings is 1. The number of aliphatic hydroxyl groups excluding tert-OH is 1. The van der Waals surface area contributed by atoms with E-state index in [1.165, 1.54) is 0 Å². The molecule has 1 N–H and O–H groups in total. The summed E-state index contributed by atoms with van der Waals surface area (Å²) in [6, 6.07) is 5.73. The predicted octanol–water partition coefficient (Wildman–Crippen LogP) is 2.84. The quantitative estimate of drug-likeness (QED) is 0.842. The summed E-state index contributed by atoms with van der Waals surface area (Å²) in [7, 11) is 0. The summed E-state index contributed by atoms with van der Waals surface area (Å²) in [5.41, 5.74) is 2.58. The lowest BCUT2D eigenvalue weighted by Gasteiger charge is -2.02. The number of carbonyl (C=O) groups is 1. The first-order valence-corrected chi connectivity index (χ1v) is 6.48. The van der Waals surface area contributed by atoms with Gasteiger partial charge in [-0.05, 0) is 38.3 Å². The van der Waals surface area contributed by atoms with Crippen LogP contribution in [-0.4, -0.2) is 24.3 Å². The first-order valence-electron chi connectivity index (χ1n) is 6.48. The summed E-state index contributed by atoms with van der Waals surface area (Å²) < 4.78 is 10.6. The standard InChI is InChI=1S/C15H18O4/c1-3-18-15(17)14-10(2)13-11(7-5-9-16)6-4-8-12(13)19-14/h4,6,8,16H,3,5,7,9H2,1-2H3. The van der Waals surface area contributed by atoms with Crippen LogP contribution >= 0.6 is 0 Å². The minimum atomic E-state index is -0.427. The van der Waals surface area contributed by atoms with Crippen molar-refractivity contribution in [3.05, 3.63) is 35.1 Å². The topological polar surface area (TPSA) is 59.7 Å². The molecule has 0 radical (unpaired) electrons. The van der Waals surface area contributed by atoms with E-state index in [0.29, 0.717) is 18.6 Å². The normalized spacial score (nSPS) is 10.9. The lowest BCUT2D eigenvalue weighted by Crippen LogP contribution is -2.04. The molecule has 102 valence electrons. The Labute approximate surface area is 112 Å². The summed E-state index contributed by atoms with van der Waals surface area (Å²) >= 11 is 0. The van der Waals surface area contributed by atoms with E-state index in [-0.39, 0.29) is 12.4 Å². The third-order valence-corrected chi connectivity index (χ3v) is 3.11. The van der Waals surface area contributed by atoms with E-state index < -0.39 is 5.97 Å². The van der Waals surface area contributed by atoms with Crippen LogP contribution in [0.4, 0.5) is 0 Å². The molecule has 2 aromatic rings. The fourth-order valence-electron chi connectivity index (χ4n) is 2.26. The number of carbonyl (C=O) groups excluding carboxylic acids is 1. The van der Waals surface area contributed by atoms with Crippen molar-refractivity contribution in [1.82, 2.24) is 0 Å². The van der Waals surface area contributed by atoms with Gasteiger partial charge in [0.25, 0.3) is 0 Å². The first kappa shape index (κ1) is 13.6. The molecule has 4 heteroatoms. The molecule has 0 saturated carbocycles. The van der Waals surface area contributed by atoms with Crippen molar-refractivity contribution in [2.45, 2.75) is 26.7 Å². The second kappa shape index (κ2) is 5.89. The molecule has 4 nitrogen and oxygen atoms in total. The number of fused-ring (bicyclic) bond motifs is 1. The monoisotopic (exact) mass is 262 g/mol. The van der Waals surface area contributed by atoms with Crippen molar-refractivity contribution in [2.24, 2.45) is 0 Å². The number of esters is 1. The predicted molar refractivity (Wildman–Crippen MR) is 72.3 cm³/mol. The van der Waals surface area contributed by atoms with Crippen molar-refractivity contribution in [1.29, 1.82) is 0 Å². The van der Waals surface area contributed by atoms with Crippen molar-refractivity contribution in [2.75, 3.05) is 13.2 Å². The number of aryl methyl sites for hydroxylation is 2. The molecule has 0 amide bonds. The maximum absolute atomic E-state index is 11.8. The Bertz CT molecular complexity index is 583. The van der Waals surface area contributed by atoms with E-state index in [0.717, 1.165) is 22.9 Å². The van der Waals surface area contributed by atoms with Crippen LogP contribution in [-0.2, 0) is 11.2 Å². The molecule has 0 fully saturated rings. The third kappa shape index (κ3) is 2.63. The number of ether oxygens (including phenoxy) is 1. The van der Waals surface area contributed by atoms with Gasteiger partial charge in [0.2, 0.25) is 5.76 Å². The summed E-state index contributed by atoms with van der Waals surface area (Å²) in [6.07, 6.45) is 1.45. The highest BCUT2D eigenvalue weighted by atomic mass is 16.5. The molecular weight excluding hydrogens is 244 g/mol. The molecule has 0 bridgehead atoms. The molecule has 1 aromatic carbocycles. The number of benzene rings is 1. The van der Waals surface area contributed by atoms with Gasteiger partial charge in [-0.1, -0.05) is 12.1 Å². The van der Waals surface area contributed by atoms with E-state index in [1.54, 1.807) is 6.92 Å². The summed E-state index contributed by atoms with van der Waals surface area (Å²) in [5, 5.41) is 9.89. The molecule has 0 aliphatic carbocycles. The van der Waals surface area contributed by atoms with Gasteiger partial charge in [-0.25, -0.2) is 4.79 Å². The molecule has 0 aliphatic heterocycles. The molecule has 1 aromatic heterocycles. The highest BCUT2D eigenvalue weighted by Gasteiger charge is 2.20. The minimum Gasteiger partial charge on any atom is -0.460 e. The van der Waals surface area contributed by atoms with Gasteiger partial charge in [0.1, 0.15) is 5.58 Å². The Morgan fingerprint density at radius 1 is 1.42 bits per heavy atom. The third-order valence-electron chi connectivity index (χ3n) is 3.11. The van der Waals surface area contributed by atoms with Crippen LogP contribution in [0.3, 0.4) is 0 Å². The Hall–Kier alpha value is -1.81. The van der Waals surface area contributed by atoms with Crippen molar-refractivity contribution in [3.8, 4) is 0 Å².